The molecule has 0 radical (unpaired) electrons. The van der Waals surface area contributed by atoms with Gasteiger partial charge in [-0.25, -0.2) is 4.79 Å². The van der Waals surface area contributed by atoms with E-state index in [0.717, 1.165) is 5.56 Å². The van der Waals surface area contributed by atoms with Crippen molar-refractivity contribution < 1.29 is 14.3 Å². The Kier molecular flexibility index (Phi) is 2.86. The minimum Gasteiger partial charge on any atom is -0.410 e. The maximum Gasteiger partial charge on any atom is 0.409 e. The summed E-state index contributed by atoms with van der Waals surface area (Å²) in [6, 6.07) is 4.74. The topological polar surface area (TPSA) is 69.4 Å². The standard InChI is InChI=1S/C10H11NO3/c1-6-5-8(14-10(11)13)3-4-9(6)7(2)12/h3-5H,1-2H3,(H2,11,13). The number of rotatable bonds is 2. The number of hydrogen-bond acceptors (Lipinski definition) is 3. The lowest BCUT2D eigenvalue weighted by atomic mass is 10.1. The van der Waals surface area contributed by atoms with Gasteiger partial charge in [0.1, 0.15) is 5.75 Å². The Balaban J connectivity index is 3.00. The Morgan fingerprint density at radius 1 is 1.36 bits per heavy atom. The molecule has 0 aliphatic rings. The van der Waals surface area contributed by atoms with Gasteiger partial charge in [0, 0.05) is 5.56 Å². The molecule has 14 heavy (non-hydrogen) atoms. The number of amides is 1. The van der Waals surface area contributed by atoms with Crippen LogP contribution < -0.4 is 10.5 Å². The van der Waals surface area contributed by atoms with Crippen molar-refractivity contribution in [1.29, 1.82) is 0 Å². The highest BCUT2D eigenvalue weighted by molar-refractivity contribution is 5.95. The highest BCUT2D eigenvalue weighted by Gasteiger charge is 2.06. The molecule has 0 spiro atoms. The van der Waals surface area contributed by atoms with Gasteiger partial charge in [-0.3, -0.25) is 4.79 Å². The maximum absolute atomic E-state index is 11.1. The largest absolute Gasteiger partial charge is 0.410 e. The van der Waals surface area contributed by atoms with E-state index < -0.39 is 6.09 Å². The van der Waals surface area contributed by atoms with E-state index in [1.165, 1.54) is 13.0 Å². The van der Waals surface area contributed by atoms with Crippen LogP contribution in [-0.2, 0) is 0 Å². The summed E-state index contributed by atoms with van der Waals surface area (Å²) in [5.41, 5.74) is 6.22. The van der Waals surface area contributed by atoms with E-state index >= 15 is 0 Å². The van der Waals surface area contributed by atoms with E-state index in [1.807, 2.05) is 0 Å². The van der Waals surface area contributed by atoms with Crippen LogP contribution in [-0.4, -0.2) is 11.9 Å². The molecule has 1 aromatic carbocycles. The Morgan fingerprint density at radius 2 is 2.00 bits per heavy atom. The average Bonchev–Trinajstić information content (AvgIpc) is 2.01. The van der Waals surface area contributed by atoms with Crippen LogP contribution in [0.25, 0.3) is 0 Å². The highest BCUT2D eigenvalue weighted by atomic mass is 16.5. The Bertz CT molecular complexity index is 385. The van der Waals surface area contributed by atoms with E-state index in [0.29, 0.717) is 11.3 Å². The van der Waals surface area contributed by atoms with E-state index in [2.05, 4.69) is 4.74 Å². The molecule has 1 aromatic rings. The van der Waals surface area contributed by atoms with Gasteiger partial charge in [-0.1, -0.05) is 0 Å². The second-order valence-corrected chi connectivity index (χ2v) is 2.95. The summed E-state index contributed by atoms with van der Waals surface area (Å²) in [7, 11) is 0. The number of primary amides is 1. The quantitative estimate of drug-likeness (QED) is 0.726. The average molecular weight is 193 g/mol. The monoisotopic (exact) mass is 193 g/mol. The van der Waals surface area contributed by atoms with E-state index in [9.17, 15) is 9.59 Å². The fourth-order valence-electron chi connectivity index (χ4n) is 1.21. The third kappa shape index (κ3) is 2.32. The molecule has 0 bridgehead atoms. The van der Waals surface area contributed by atoms with Crippen molar-refractivity contribution in [2.75, 3.05) is 0 Å². The third-order valence-electron chi connectivity index (χ3n) is 1.80. The summed E-state index contributed by atoms with van der Waals surface area (Å²) < 4.78 is 4.66. The second-order valence-electron chi connectivity index (χ2n) is 2.95. The van der Waals surface area contributed by atoms with Crippen LogP contribution in [0.4, 0.5) is 4.79 Å². The van der Waals surface area contributed by atoms with Gasteiger partial charge in [-0.05, 0) is 37.6 Å². The van der Waals surface area contributed by atoms with Crippen molar-refractivity contribution in [3.8, 4) is 5.75 Å². The zero-order valence-electron chi connectivity index (χ0n) is 8.03. The van der Waals surface area contributed by atoms with Crippen LogP contribution in [0.1, 0.15) is 22.8 Å². The molecule has 2 N–H and O–H groups in total. The van der Waals surface area contributed by atoms with Crippen LogP contribution in [0, 0.1) is 6.92 Å². The molecular formula is C10H11NO3. The molecule has 0 heterocycles. The van der Waals surface area contributed by atoms with Gasteiger partial charge < -0.3 is 10.5 Å². The highest BCUT2D eigenvalue weighted by Crippen LogP contribution is 2.17. The van der Waals surface area contributed by atoms with Gasteiger partial charge in [-0.15, -0.1) is 0 Å². The molecule has 0 atom stereocenters. The van der Waals surface area contributed by atoms with Crippen molar-refractivity contribution in [2.45, 2.75) is 13.8 Å². The number of nitrogens with two attached hydrogens (primary N) is 1. The molecule has 0 saturated heterocycles. The summed E-state index contributed by atoms with van der Waals surface area (Å²) in [5.74, 6) is 0.327. The number of Topliss-reactive ketones (excluding diaryl/α,β-unsaturated/α-hetero) is 1. The minimum absolute atomic E-state index is 0.0203. The van der Waals surface area contributed by atoms with Crippen molar-refractivity contribution >= 4 is 11.9 Å². The van der Waals surface area contributed by atoms with E-state index in [-0.39, 0.29) is 5.78 Å². The van der Waals surface area contributed by atoms with Crippen LogP contribution >= 0.6 is 0 Å². The second kappa shape index (κ2) is 3.91. The fraction of sp³-hybridized carbons (Fsp3) is 0.200. The lowest BCUT2D eigenvalue weighted by Crippen LogP contribution is -2.16. The molecule has 0 aliphatic carbocycles. The number of aryl methyl sites for hydroxylation is 1. The normalized spacial score (nSPS) is 9.57. The molecule has 0 unspecified atom stereocenters. The number of benzene rings is 1. The van der Waals surface area contributed by atoms with Gasteiger partial charge in [-0.2, -0.15) is 0 Å². The summed E-state index contributed by atoms with van der Waals surface area (Å²) >= 11 is 0. The molecule has 0 aromatic heterocycles. The predicted molar refractivity (Wildman–Crippen MR) is 51.4 cm³/mol. The first-order valence-electron chi connectivity index (χ1n) is 4.09. The number of ketones is 1. The number of hydrogen-bond donors (Lipinski definition) is 1. The molecule has 4 nitrogen and oxygen atoms in total. The summed E-state index contributed by atoms with van der Waals surface area (Å²) in [5, 5.41) is 0. The molecule has 0 aliphatic heterocycles. The van der Waals surface area contributed by atoms with Gasteiger partial charge in [0.15, 0.2) is 5.78 Å². The summed E-state index contributed by atoms with van der Waals surface area (Å²) in [6.07, 6.45) is -0.861. The first kappa shape index (κ1) is 10.2. The molecular weight excluding hydrogens is 182 g/mol. The minimum atomic E-state index is -0.861. The summed E-state index contributed by atoms with van der Waals surface area (Å²) in [4.78, 5) is 21.5. The van der Waals surface area contributed by atoms with Crippen molar-refractivity contribution in [3.05, 3.63) is 29.3 Å². The Hall–Kier alpha value is -1.84. The van der Waals surface area contributed by atoms with E-state index in [1.54, 1.807) is 19.1 Å². The Morgan fingerprint density at radius 3 is 2.43 bits per heavy atom. The molecule has 0 saturated carbocycles. The van der Waals surface area contributed by atoms with Crippen molar-refractivity contribution in [3.63, 3.8) is 0 Å². The van der Waals surface area contributed by atoms with Crippen LogP contribution in [0.2, 0.25) is 0 Å². The van der Waals surface area contributed by atoms with Crippen LogP contribution in [0.5, 0.6) is 5.75 Å². The number of ether oxygens (including phenoxy) is 1. The molecule has 4 heteroatoms. The maximum atomic E-state index is 11.1. The van der Waals surface area contributed by atoms with Crippen molar-refractivity contribution in [1.82, 2.24) is 0 Å². The zero-order valence-corrected chi connectivity index (χ0v) is 8.03. The lowest BCUT2D eigenvalue weighted by molar-refractivity contribution is 0.101. The molecule has 1 amide bonds. The lowest BCUT2D eigenvalue weighted by Gasteiger charge is -2.04. The molecule has 1 rings (SSSR count). The number of carbonyl (C=O) groups excluding carboxylic acids is 2. The predicted octanol–water partition coefficient (Wildman–Crippen LogP) is 1.66. The first-order valence-corrected chi connectivity index (χ1v) is 4.09. The SMILES string of the molecule is CC(=O)c1ccc(OC(N)=O)cc1C. The zero-order chi connectivity index (χ0) is 10.7. The smallest absolute Gasteiger partial charge is 0.409 e. The summed E-state index contributed by atoms with van der Waals surface area (Å²) in [6.45, 7) is 3.25. The van der Waals surface area contributed by atoms with Crippen LogP contribution in [0.3, 0.4) is 0 Å². The molecule has 74 valence electrons. The van der Waals surface area contributed by atoms with Gasteiger partial charge >= 0.3 is 6.09 Å². The molecule has 0 fully saturated rings. The van der Waals surface area contributed by atoms with Crippen molar-refractivity contribution in [2.24, 2.45) is 5.73 Å². The fourth-order valence-corrected chi connectivity index (χ4v) is 1.21. The van der Waals surface area contributed by atoms with Gasteiger partial charge in [0.05, 0.1) is 0 Å². The van der Waals surface area contributed by atoms with E-state index in [4.69, 9.17) is 5.73 Å². The van der Waals surface area contributed by atoms with Crippen LogP contribution in [0.15, 0.2) is 18.2 Å². The number of carbonyl (C=O) groups is 2. The van der Waals surface area contributed by atoms with Gasteiger partial charge in [0.2, 0.25) is 0 Å². The third-order valence-corrected chi connectivity index (χ3v) is 1.80. The van der Waals surface area contributed by atoms with Gasteiger partial charge in [0.25, 0.3) is 0 Å². The Labute approximate surface area is 81.7 Å². The first-order chi connectivity index (χ1) is 6.50.